The zero-order valence-electron chi connectivity index (χ0n) is 55.2. The fourth-order valence-electron chi connectivity index (χ4n) is 8.62. The van der Waals surface area contributed by atoms with Crippen molar-refractivity contribution in [3.05, 3.63) is 170 Å². The van der Waals surface area contributed by atoms with Crippen molar-refractivity contribution < 1.29 is 42.1 Å². The van der Waals surface area contributed by atoms with Crippen LogP contribution in [0.5, 0.6) is 0 Å². The van der Waals surface area contributed by atoms with E-state index in [1.54, 1.807) is 0 Å². The van der Waals surface area contributed by atoms with Gasteiger partial charge < -0.3 is 27.9 Å². The average Bonchev–Trinajstić information content (AvgIpc) is 3.56. The lowest BCUT2D eigenvalue weighted by Crippen LogP contribution is -2.37. The summed E-state index contributed by atoms with van der Waals surface area (Å²) in [5, 5.41) is 0. The third-order valence-corrected chi connectivity index (χ3v) is 14.7. The van der Waals surface area contributed by atoms with Crippen LogP contribution in [0.2, 0.25) is 0 Å². The summed E-state index contributed by atoms with van der Waals surface area (Å²) in [4.78, 5) is 38.0. The van der Waals surface area contributed by atoms with E-state index < -0.39 is 32.5 Å². The molecule has 0 aromatic heterocycles. The predicted octanol–water partition coefficient (Wildman–Crippen LogP) is 21.5. The number of ether oxygens (including phenoxy) is 2. The first-order valence-corrected chi connectivity index (χ1v) is 35.3. The first kappa shape index (κ1) is 81.4. The molecule has 9 nitrogen and oxygen atoms in total. The molecule has 0 aromatic carbocycles. The fraction of sp³-hybridized carbons (Fsp3) is 0.605. The van der Waals surface area contributed by atoms with Crippen LogP contribution in [0.25, 0.3) is 0 Å². The van der Waals surface area contributed by atoms with Gasteiger partial charge in [0.2, 0.25) is 0 Å². The molecule has 0 rings (SSSR count). The number of phosphoric acid groups is 1. The van der Waals surface area contributed by atoms with Crippen LogP contribution in [0.15, 0.2) is 170 Å². The molecule has 86 heavy (non-hydrogen) atoms. The zero-order chi connectivity index (χ0) is 62.6. The highest BCUT2D eigenvalue weighted by Gasteiger charge is 2.22. The summed E-state index contributed by atoms with van der Waals surface area (Å²) in [5.41, 5.74) is 0. The number of likely N-dealkylation sites (N-methyl/N-ethyl adjacent to an activating group) is 1. The lowest BCUT2D eigenvalue weighted by Gasteiger charge is -2.28. The van der Waals surface area contributed by atoms with Gasteiger partial charge >= 0.3 is 11.9 Å². The van der Waals surface area contributed by atoms with Crippen LogP contribution in [0.1, 0.15) is 245 Å². The van der Waals surface area contributed by atoms with Gasteiger partial charge in [-0.25, -0.2) is 0 Å². The van der Waals surface area contributed by atoms with Gasteiger partial charge in [-0.05, 0) is 128 Å². The van der Waals surface area contributed by atoms with Crippen LogP contribution < -0.4 is 4.89 Å². The molecule has 0 aliphatic rings. The number of allylic oxidation sites excluding steroid dienone is 28. The van der Waals surface area contributed by atoms with Crippen molar-refractivity contribution in [2.24, 2.45) is 0 Å². The standard InChI is InChI=1S/C76H124NO8P/c1-6-8-10-12-14-16-18-20-22-24-26-28-30-31-32-33-34-35-36-37-38-39-40-41-42-43-44-45-47-49-51-53-55-57-59-61-63-65-67-69-76(79)85-74(73-84-86(80,81)83-71-70-77(3,4)5)72-82-75(78)68-66-64-62-60-58-56-54-52-50-48-46-29-27-25-23-21-19-17-15-13-11-9-7-2/h8-11,14-17,20-23,26-29,31-32,34-35,37-38,40-41,43-44,48,50,74H,6-7,12-13,18-19,24-25,30,33,36,39,42,45-47,49,51-73H2,1-5H3/b10-8-,11-9-,16-14-,17-15-,22-20-,23-21-,28-26-,29-27-,32-31-,35-34-,38-37-,41-40-,44-43-,50-48-. The Morgan fingerprint density at radius 3 is 0.930 bits per heavy atom. The molecule has 2 atom stereocenters. The first-order valence-electron chi connectivity index (χ1n) is 33.8. The van der Waals surface area contributed by atoms with Crippen molar-refractivity contribution in [1.29, 1.82) is 0 Å². The Labute approximate surface area is 528 Å². The second-order valence-corrected chi connectivity index (χ2v) is 24.5. The molecule has 0 fully saturated rings. The van der Waals surface area contributed by atoms with Gasteiger partial charge in [0, 0.05) is 12.8 Å². The number of phosphoric ester groups is 1. The molecule has 0 aliphatic carbocycles. The van der Waals surface area contributed by atoms with Gasteiger partial charge in [-0.2, -0.15) is 0 Å². The van der Waals surface area contributed by atoms with Crippen LogP contribution in [0, 0.1) is 0 Å². The highest BCUT2D eigenvalue weighted by Crippen LogP contribution is 2.38. The topological polar surface area (TPSA) is 111 Å². The quantitative estimate of drug-likeness (QED) is 0.0195. The van der Waals surface area contributed by atoms with Gasteiger partial charge in [-0.1, -0.05) is 274 Å². The number of carbonyl (C=O) groups is 2. The summed E-state index contributed by atoms with van der Waals surface area (Å²) in [7, 11) is 1.14. The maximum atomic E-state index is 12.9. The highest BCUT2D eigenvalue weighted by atomic mass is 31.2. The molecule has 0 amide bonds. The van der Waals surface area contributed by atoms with Crippen LogP contribution in [0.4, 0.5) is 0 Å². The maximum Gasteiger partial charge on any atom is 0.306 e. The second-order valence-electron chi connectivity index (χ2n) is 23.1. The van der Waals surface area contributed by atoms with Gasteiger partial charge in [-0.3, -0.25) is 14.2 Å². The molecule has 0 spiro atoms. The van der Waals surface area contributed by atoms with Crippen molar-refractivity contribution in [2.75, 3.05) is 47.5 Å². The lowest BCUT2D eigenvalue weighted by atomic mass is 10.0. The largest absolute Gasteiger partial charge is 0.756 e. The number of hydrogen-bond acceptors (Lipinski definition) is 8. The van der Waals surface area contributed by atoms with Crippen LogP contribution in [-0.2, 0) is 32.7 Å². The lowest BCUT2D eigenvalue weighted by molar-refractivity contribution is -0.870. The average molecular weight is 1210 g/mol. The molecule has 10 heteroatoms. The van der Waals surface area contributed by atoms with E-state index in [1.807, 2.05) is 21.1 Å². The summed E-state index contributed by atoms with van der Waals surface area (Å²) < 4.78 is 34.3. The van der Waals surface area contributed by atoms with Gasteiger partial charge in [0.1, 0.15) is 19.8 Å². The summed E-state index contributed by atoms with van der Waals surface area (Å²) in [6, 6.07) is 0. The minimum atomic E-state index is -4.66. The summed E-state index contributed by atoms with van der Waals surface area (Å²) in [5.74, 6) is -0.859. The Bertz CT molecular complexity index is 2060. The predicted molar refractivity (Wildman–Crippen MR) is 369 cm³/mol. The van der Waals surface area contributed by atoms with E-state index in [9.17, 15) is 19.0 Å². The number of rotatable bonds is 60. The van der Waals surface area contributed by atoms with E-state index in [2.05, 4.69) is 184 Å². The van der Waals surface area contributed by atoms with E-state index in [-0.39, 0.29) is 26.1 Å². The number of esters is 2. The van der Waals surface area contributed by atoms with Crippen molar-refractivity contribution in [2.45, 2.75) is 251 Å². The third kappa shape index (κ3) is 68.5. The minimum absolute atomic E-state index is 0.0420. The molecule has 486 valence electrons. The van der Waals surface area contributed by atoms with E-state index in [0.717, 1.165) is 141 Å². The molecule has 0 bridgehead atoms. The molecule has 0 heterocycles. The molecule has 0 aliphatic heterocycles. The molecule has 2 unspecified atom stereocenters. The normalized spacial score (nSPS) is 14.3. The number of hydrogen-bond donors (Lipinski definition) is 0. The van der Waals surface area contributed by atoms with Crippen LogP contribution >= 0.6 is 7.82 Å². The van der Waals surface area contributed by atoms with E-state index in [0.29, 0.717) is 23.9 Å². The molecule has 0 radical (unpaired) electrons. The second kappa shape index (κ2) is 64.8. The highest BCUT2D eigenvalue weighted by molar-refractivity contribution is 7.45. The Morgan fingerprint density at radius 2 is 0.628 bits per heavy atom. The summed E-state index contributed by atoms with van der Waals surface area (Å²) in [6.45, 7) is 3.98. The summed E-state index contributed by atoms with van der Waals surface area (Å²) >= 11 is 0. The van der Waals surface area contributed by atoms with Crippen LogP contribution in [-0.4, -0.2) is 70.0 Å². The number of quaternary nitrogens is 1. The molecular weight excluding hydrogens is 1090 g/mol. The van der Waals surface area contributed by atoms with Crippen molar-refractivity contribution >= 4 is 19.8 Å². The molecule has 0 saturated carbocycles. The van der Waals surface area contributed by atoms with Gasteiger partial charge in [-0.15, -0.1) is 0 Å². The number of unbranched alkanes of at least 4 members (excludes halogenated alkanes) is 18. The smallest absolute Gasteiger partial charge is 0.306 e. The minimum Gasteiger partial charge on any atom is -0.756 e. The molecule has 0 saturated heterocycles. The SMILES string of the molecule is CC/C=C\C/C=C\C/C=C\C/C=C\C/C=C\C/C=C\C/C=C\C/C=C\C/C=C\CCCCCCCCCCCCCC(=O)OC(COC(=O)CCCCCCCCC/C=C\C/C=C\C/C=C\C/C=C\C/C=C\CC)COP(=O)([O-])OCC[N+](C)(C)C. The third-order valence-electron chi connectivity index (χ3n) is 13.7. The molecule has 0 aromatic rings. The van der Waals surface area contributed by atoms with E-state index in [4.69, 9.17) is 18.5 Å². The summed E-state index contributed by atoms with van der Waals surface area (Å²) in [6.07, 6.45) is 98.4. The van der Waals surface area contributed by atoms with Gasteiger partial charge in [0.05, 0.1) is 27.7 Å². The fourth-order valence-corrected chi connectivity index (χ4v) is 9.35. The van der Waals surface area contributed by atoms with Crippen molar-refractivity contribution in [3.63, 3.8) is 0 Å². The van der Waals surface area contributed by atoms with Crippen molar-refractivity contribution in [1.82, 2.24) is 0 Å². The zero-order valence-corrected chi connectivity index (χ0v) is 56.1. The van der Waals surface area contributed by atoms with E-state index in [1.165, 1.54) is 64.2 Å². The first-order chi connectivity index (χ1) is 42.0. The Hall–Kier alpha value is -4.63. The van der Waals surface area contributed by atoms with Gasteiger partial charge in [0.25, 0.3) is 7.82 Å². The monoisotopic (exact) mass is 1210 g/mol. The molecule has 0 N–H and O–H groups in total. The van der Waals surface area contributed by atoms with Gasteiger partial charge in [0.15, 0.2) is 6.10 Å². The van der Waals surface area contributed by atoms with Crippen LogP contribution in [0.3, 0.4) is 0 Å². The number of nitrogens with zero attached hydrogens (tertiary/aromatic N) is 1. The number of carbonyl (C=O) groups excluding carboxylic acids is 2. The Balaban J connectivity index is 4.13. The Kier molecular flexibility index (Phi) is 61.3. The van der Waals surface area contributed by atoms with E-state index >= 15 is 0 Å². The maximum absolute atomic E-state index is 12.9. The van der Waals surface area contributed by atoms with Crippen molar-refractivity contribution in [3.8, 4) is 0 Å². The Morgan fingerprint density at radius 1 is 0.360 bits per heavy atom. The molecular formula is C76H124NO8P.